The monoisotopic (exact) mass is 445 g/mol. The summed E-state index contributed by atoms with van der Waals surface area (Å²) in [7, 11) is 0. The Kier molecular flexibility index (Phi) is 8.13. The zero-order valence-electron chi connectivity index (χ0n) is 18.4. The number of amidine groups is 1. The van der Waals surface area contributed by atoms with E-state index in [1.54, 1.807) is 49.5 Å². The predicted octanol–water partition coefficient (Wildman–Crippen LogP) is 3.73. The fraction of sp³-hybridized carbons (Fsp3) is 0.200. The van der Waals surface area contributed by atoms with Crippen LogP contribution >= 0.6 is 0 Å². The van der Waals surface area contributed by atoms with Crippen molar-refractivity contribution >= 4 is 29.2 Å². The molecule has 0 radical (unpaired) electrons. The van der Waals surface area contributed by atoms with E-state index in [9.17, 15) is 9.59 Å². The highest BCUT2D eigenvalue weighted by atomic mass is 16.5. The number of nitrogen functional groups attached to an aromatic ring is 1. The molecule has 33 heavy (non-hydrogen) atoms. The standard InChI is InChI=1S/C25H27N5O3/c1-2-33-22(31)13-12-19-6-4-14-28-24(19)30-25(32)20-5-3-7-21(15-20)29-16-17-8-10-18(11-9-17)23(26)27/h3-11,14-15,29H,2,12-13,16H2,1H3,(H3,26,27)(H,28,30,32). The van der Waals surface area contributed by atoms with Crippen LogP contribution in [0.2, 0.25) is 0 Å². The molecule has 0 fully saturated rings. The highest BCUT2D eigenvalue weighted by Gasteiger charge is 2.12. The van der Waals surface area contributed by atoms with E-state index in [0.717, 1.165) is 16.8 Å². The van der Waals surface area contributed by atoms with Gasteiger partial charge in [-0.15, -0.1) is 0 Å². The van der Waals surface area contributed by atoms with Crippen LogP contribution in [0, 0.1) is 5.41 Å². The summed E-state index contributed by atoms with van der Waals surface area (Å²) >= 11 is 0. The van der Waals surface area contributed by atoms with Crippen LogP contribution < -0.4 is 16.4 Å². The Bertz CT molecular complexity index is 1130. The van der Waals surface area contributed by atoms with E-state index in [-0.39, 0.29) is 24.1 Å². The summed E-state index contributed by atoms with van der Waals surface area (Å²) in [6.07, 6.45) is 2.24. The highest BCUT2D eigenvalue weighted by Crippen LogP contribution is 2.18. The third-order valence-electron chi connectivity index (χ3n) is 4.91. The summed E-state index contributed by atoms with van der Waals surface area (Å²) < 4.78 is 4.97. The van der Waals surface area contributed by atoms with E-state index in [1.165, 1.54) is 0 Å². The summed E-state index contributed by atoms with van der Waals surface area (Å²) in [5.41, 5.74) is 9.22. The molecule has 0 bridgehead atoms. The molecule has 1 aromatic heterocycles. The number of carbonyl (C=O) groups excluding carboxylic acids is 2. The first-order valence-corrected chi connectivity index (χ1v) is 10.6. The second-order valence-corrected chi connectivity index (χ2v) is 7.32. The van der Waals surface area contributed by atoms with Gasteiger partial charge in [0.15, 0.2) is 0 Å². The number of nitrogens with two attached hydrogens (primary N) is 1. The van der Waals surface area contributed by atoms with Crippen LogP contribution in [0.1, 0.15) is 40.4 Å². The number of esters is 1. The number of pyridine rings is 1. The molecule has 0 saturated heterocycles. The minimum Gasteiger partial charge on any atom is -0.466 e. The second-order valence-electron chi connectivity index (χ2n) is 7.32. The Hall–Kier alpha value is -4.20. The molecule has 1 heterocycles. The normalized spacial score (nSPS) is 10.3. The SMILES string of the molecule is CCOC(=O)CCc1cccnc1NC(=O)c1cccc(NCc2ccc(C(=N)N)cc2)c1. The van der Waals surface area contributed by atoms with E-state index in [2.05, 4.69) is 15.6 Å². The lowest BCUT2D eigenvalue weighted by Gasteiger charge is -2.11. The molecule has 8 heteroatoms. The van der Waals surface area contributed by atoms with E-state index in [1.807, 2.05) is 24.3 Å². The first-order chi connectivity index (χ1) is 16.0. The molecule has 170 valence electrons. The number of ether oxygens (including phenoxy) is 1. The summed E-state index contributed by atoms with van der Waals surface area (Å²) in [6, 6.07) is 18.2. The molecular weight excluding hydrogens is 418 g/mol. The summed E-state index contributed by atoms with van der Waals surface area (Å²) in [5.74, 6) is -0.116. The van der Waals surface area contributed by atoms with Crippen molar-refractivity contribution in [3.05, 3.63) is 89.1 Å². The fourth-order valence-electron chi connectivity index (χ4n) is 3.18. The van der Waals surface area contributed by atoms with Crippen LogP contribution in [0.15, 0.2) is 66.9 Å². The number of hydrogen-bond acceptors (Lipinski definition) is 6. The molecule has 2 aromatic carbocycles. The van der Waals surface area contributed by atoms with Crippen LogP contribution in [-0.2, 0) is 22.5 Å². The van der Waals surface area contributed by atoms with Gasteiger partial charge in [-0.05, 0) is 48.7 Å². The van der Waals surface area contributed by atoms with Gasteiger partial charge >= 0.3 is 5.97 Å². The molecule has 5 N–H and O–H groups in total. The molecule has 0 spiro atoms. The number of amides is 1. The molecule has 8 nitrogen and oxygen atoms in total. The van der Waals surface area contributed by atoms with Crippen LogP contribution in [0.5, 0.6) is 0 Å². The second kappa shape index (κ2) is 11.4. The third kappa shape index (κ3) is 6.90. The van der Waals surface area contributed by atoms with Crippen LogP contribution in [0.3, 0.4) is 0 Å². The maximum absolute atomic E-state index is 12.8. The molecule has 0 atom stereocenters. The quantitative estimate of drug-likeness (QED) is 0.214. The number of aryl methyl sites for hydroxylation is 1. The number of rotatable bonds is 10. The average molecular weight is 446 g/mol. The fourth-order valence-corrected chi connectivity index (χ4v) is 3.18. The number of benzene rings is 2. The Morgan fingerprint density at radius 2 is 1.85 bits per heavy atom. The number of aromatic nitrogens is 1. The first-order valence-electron chi connectivity index (χ1n) is 10.6. The van der Waals surface area contributed by atoms with Crippen molar-refractivity contribution in [2.75, 3.05) is 17.2 Å². The lowest BCUT2D eigenvalue weighted by Crippen LogP contribution is -2.15. The van der Waals surface area contributed by atoms with Crippen LogP contribution in [0.4, 0.5) is 11.5 Å². The van der Waals surface area contributed by atoms with Gasteiger partial charge in [0.1, 0.15) is 11.7 Å². The van der Waals surface area contributed by atoms with Gasteiger partial charge in [0.05, 0.1) is 6.61 Å². The summed E-state index contributed by atoms with van der Waals surface area (Å²) in [5, 5.41) is 13.6. The molecule has 3 aromatic rings. The Balaban J connectivity index is 1.63. The first kappa shape index (κ1) is 23.5. The van der Waals surface area contributed by atoms with E-state index in [0.29, 0.717) is 36.5 Å². The Morgan fingerprint density at radius 3 is 2.58 bits per heavy atom. The Morgan fingerprint density at radius 1 is 1.06 bits per heavy atom. The lowest BCUT2D eigenvalue weighted by molar-refractivity contribution is -0.143. The van der Waals surface area contributed by atoms with E-state index < -0.39 is 0 Å². The van der Waals surface area contributed by atoms with Crippen molar-refractivity contribution in [3.8, 4) is 0 Å². The van der Waals surface area contributed by atoms with Gasteiger partial charge in [0, 0.05) is 36.0 Å². The van der Waals surface area contributed by atoms with Crippen molar-refractivity contribution in [3.63, 3.8) is 0 Å². The van der Waals surface area contributed by atoms with Gasteiger partial charge in [-0.2, -0.15) is 0 Å². The van der Waals surface area contributed by atoms with Gasteiger partial charge in [0.25, 0.3) is 5.91 Å². The molecule has 0 saturated carbocycles. The predicted molar refractivity (Wildman–Crippen MR) is 128 cm³/mol. The van der Waals surface area contributed by atoms with Crippen LogP contribution in [-0.4, -0.2) is 29.3 Å². The van der Waals surface area contributed by atoms with Gasteiger partial charge < -0.3 is 21.1 Å². The van der Waals surface area contributed by atoms with E-state index >= 15 is 0 Å². The molecule has 0 aliphatic heterocycles. The number of nitrogens with one attached hydrogen (secondary N) is 3. The Labute approximate surface area is 192 Å². The van der Waals surface area contributed by atoms with Gasteiger partial charge in [-0.3, -0.25) is 15.0 Å². The smallest absolute Gasteiger partial charge is 0.306 e. The van der Waals surface area contributed by atoms with E-state index in [4.69, 9.17) is 15.9 Å². The minimum atomic E-state index is -0.291. The molecule has 0 unspecified atom stereocenters. The zero-order valence-corrected chi connectivity index (χ0v) is 18.4. The molecule has 0 aliphatic rings. The maximum atomic E-state index is 12.8. The summed E-state index contributed by atoms with van der Waals surface area (Å²) in [6.45, 7) is 2.66. The number of hydrogen-bond donors (Lipinski definition) is 4. The third-order valence-corrected chi connectivity index (χ3v) is 4.91. The van der Waals surface area contributed by atoms with Crippen molar-refractivity contribution in [2.45, 2.75) is 26.3 Å². The van der Waals surface area contributed by atoms with Crippen molar-refractivity contribution in [1.29, 1.82) is 5.41 Å². The topological polar surface area (TPSA) is 130 Å². The highest BCUT2D eigenvalue weighted by molar-refractivity contribution is 6.04. The number of anilines is 2. The lowest BCUT2D eigenvalue weighted by atomic mass is 10.1. The largest absolute Gasteiger partial charge is 0.466 e. The average Bonchev–Trinajstić information content (AvgIpc) is 2.83. The molecule has 0 aliphatic carbocycles. The molecular formula is C25H27N5O3. The maximum Gasteiger partial charge on any atom is 0.306 e. The van der Waals surface area contributed by atoms with Crippen molar-refractivity contribution in [2.24, 2.45) is 5.73 Å². The molecule has 1 amide bonds. The molecule has 3 rings (SSSR count). The summed E-state index contributed by atoms with van der Waals surface area (Å²) in [4.78, 5) is 28.8. The van der Waals surface area contributed by atoms with Gasteiger partial charge in [-0.1, -0.05) is 36.4 Å². The van der Waals surface area contributed by atoms with Crippen molar-refractivity contribution < 1.29 is 14.3 Å². The van der Waals surface area contributed by atoms with Crippen molar-refractivity contribution in [1.82, 2.24) is 4.98 Å². The zero-order chi connectivity index (χ0) is 23.6. The van der Waals surface area contributed by atoms with Gasteiger partial charge in [-0.25, -0.2) is 4.98 Å². The van der Waals surface area contributed by atoms with Gasteiger partial charge in [0.2, 0.25) is 0 Å². The van der Waals surface area contributed by atoms with Crippen LogP contribution in [0.25, 0.3) is 0 Å². The number of nitrogens with zero attached hydrogens (tertiary/aromatic N) is 1. The number of carbonyl (C=O) groups is 2. The minimum absolute atomic E-state index is 0.0326.